The Hall–Kier alpha value is -1.03. The van der Waals surface area contributed by atoms with Gasteiger partial charge in [0, 0.05) is 5.56 Å². The number of aromatic nitrogens is 1. The van der Waals surface area contributed by atoms with E-state index >= 15 is 0 Å². The minimum Gasteiger partial charge on any atom is -0.298 e. The molecule has 0 atom stereocenters. The third-order valence-electron chi connectivity index (χ3n) is 1.82. The first-order valence-electron chi connectivity index (χ1n) is 3.89. The number of carbonyl (C=O) groups excluding carboxylic acids is 1. The highest BCUT2D eigenvalue weighted by molar-refractivity contribution is 6.17. The second kappa shape index (κ2) is 4.46. The molecule has 0 saturated heterocycles. The average Bonchev–Trinajstić information content (AvgIpc) is 2.16. The van der Waals surface area contributed by atoms with Crippen LogP contribution >= 0.6 is 11.6 Å². The molecule has 76 valence electrons. The third kappa shape index (κ3) is 2.07. The minimum atomic E-state index is -2.64. The lowest BCUT2D eigenvalue weighted by molar-refractivity contribution is 0.112. The fourth-order valence-corrected chi connectivity index (χ4v) is 1.33. The largest absolute Gasteiger partial charge is 0.298 e. The summed E-state index contributed by atoms with van der Waals surface area (Å²) in [5.74, 6) is -0.0475. The van der Waals surface area contributed by atoms with Crippen LogP contribution in [0.2, 0.25) is 0 Å². The number of aryl methyl sites for hydroxylation is 1. The van der Waals surface area contributed by atoms with Crippen LogP contribution in [0.4, 0.5) is 8.78 Å². The monoisotopic (exact) mass is 219 g/mol. The van der Waals surface area contributed by atoms with Crippen LogP contribution in [0.5, 0.6) is 0 Å². The first-order valence-corrected chi connectivity index (χ1v) is 4.43. The van der Waals surface area contributed by atoms with Gasteiger partial charge in [-0.2, -0.15) is 0 Å². The van der Waals surface area contributed by atoms with Crippen LogP contribution in [0.1, 0.15) is 33.7 Å². The molecule has 0 aromatic carbocycles. The van der Waals surface area contributed by atoms with Crippen molar-refractivity contribution < 1.29 is 13.6 Å². The Kier molecular flexibility index (Phi) is 3.52. The summed E-state index contributed by atoms with van der Waals surface area (Å²) < 4.78 is 24.8. The molecule has 0 aliphatic carbocycles. The topological polar surface area (TPSA) is 30.0 Å². The summed E-state index contributed by atoms with van der Waals surface area (Å²) in [7, 11) is 0. The number of rotatable bonds is 3. The second-order valence-corrected chi connectivity index (χ2v) is 3.05. The van der Waals surface area contributed by atoms with Gasteiger partial charge in [0.2, 0.25) is 0 Å². The first kappa shape index (κ1) is 11.0. The van der Waals surface area contributed by atoms with E-state index in [-0.39, 0.29) is 22.8 Å². The molecule has 0 spiro atoms. The maximum atomic E-state index is 12.4. The standard InChI is InChI=1S/C9H8ClF2NO/c1-5-2-6(4-14)7(3-10)13-8(5)9(11)12/h2,4,9H,3H2,1H3. The lowest BCUT2D eigenvalue weighted by Gasteiger charge is -2.07. The van der Waals surface area contributed by atoms with Crippen LogP contribution in [0, 0.1) is 6.92 Å². The molecule has 0 radical (unpaired) electrons. The van der Waals surface area contributed by atoms with Crippen LogP contribution in [0.3, 0.4) is 0 Å². The summed E-state index contributed by atoms with van der Waals surface area (Å²) in [6, 6.07) is 1.37. The predicted molar refractivity (Wildman–Crippen MR) is 48.9 cm³/mol. The van der Waals surface area contributed by atoms with Crippen LogP contribution in [0.25, 0.3) is 0 Å². The normalized spacial score (nSPS) is 10.6. The SMILES string of the molecule is Cc1cc(C=O)c(CCl)nc1C(F)F. The number of carbonyl (C=O) groups is 1. The Morgan fingerprint density at radius 3 is 2.71 bits per heavy atom. The van der Waals surface area contributed by atoms with Crippen molar-refractivity contribution in [2.75, 3.05) is 0 Å². The Morgan fingerprint density at radius 2 is 2.29 bits per heavy atom. The summed E-state index contributed by atoms with van der Waals surface area (Å²) >= 11 is 5.47. The number of hydrogen-bond donors (Lipinski definition) is 0. The Balaban J connectivity index is 3.30. The van der Waals surface area contributed by atoms with E-state index in [0.29, 0.717) is 11.8 Å². The lowest BCUT2D eigenvalue weighted by Crippen LogP contribution is -2.02. The van der Waals surface area contributed by atoms with Gasteiger partial charge in [-0.25, -0.2) is 13.8 Å². The highest BCUT2D eigenvalue weighted by Gasteiger charge is 2.15. The predicted octanol–water partition coefficient (Wildman–Crippen LogP) is 2.88. The quantitative estimate of drug-likeness (QED) is 0.578. The van der Waals surface area contributed by atoms with Gasteiger partial charge >= 0.3 is 0 Å². The van der Waals surface area contributed by atoms with Crippen molar-refractivity contribution in [2.45, 2.75) is 19.2 Å². The second-order valence-electron chi connectivity index (χ2n) is 2.78. The summed E-state index contributed by atoms with van der Waals surface area (Å²) in [4.78, 5) is 14.2. The molecule has 0 unspecified atom stereocenters. The van der Waals surface area contributed by atoms with Gasteiger partial charge in [-0.15, -0.1) is 11.6 Å². The molecule has 0 aliphatic rings. The zero-order valence-corrected chi connectivity index (χ0v) is 8.18. The van der Waals surface area contributed by atoms with Gasteiger partial charge in [0.15, 0.2) is 6.29 Å². The fourth-order valence-electron chi connectivity index (χ4n) is 1.12. The van der Waals surface area contributed by atoms with Crippen molar-refractivity contribution in [3.8, 4) is 0 Å². The van der Waals surface area contributed by atoms with E-state index in [1.165, 1.54) is 13.0 Å². The maximum absolute atomic E-state index is 12.4. The zero-order valence-electron chi connectivity index (χ0n) is 7.43. The number of hydrogen-bond acceptors (Lipinski definition) is 2. The van der Waals surface area contributed by atoms with Gasteiger partial charge in [0.25, 0.3) is 6.43 Å². The molecule has 0 N–H and O–H groups in total. The molecule has 1 rings (SSSR count). The van der Waals surface area contributed by atoms with Gasteiger partial charge in [-0.1, -0.05) is 0 Å². The molecule has 0 bridgehead atoms. The third-order valence-corrected chi connectivity index (χ3v) is 2.08. The number of halogens is 3. The highest BCUT2D eigenvalue weighted by Crippen LogP contribution is 2.22. The van der Waals surface area contributed by atoms with Gasteiger partial charge in [-0.05, 0) is 18.6 Å². The number of alkyl halides is 3. The van der Waals surface area contributed by atoms with E-state index in [4.69, 9.17) is 11.6 Å². The number of pyridine rings is 1. The maximum Gasteiger partial charge on any atom is 0.280 e. The smallest absolute Gasteiger partial charge is 0.280 e. The molecule has 0 fully saturated rings. The van der Waals surface area contributed by atoms with Crippen LogP contribution in [-0.4, -0.2) is 11.3 Å². The Bertz CT molecular complexity index is 355. The summed E-state index contributed by atoms with van der Waals surface area (Å²) in [6.45, 7) is 1.49. The van der Waals surface area contributed by atoms with Crippen LogP contribution < -0.4 is 0 Å². The number of aldehydes is 1. The minimum absolute atomic E-state index is 0.0475. The molecular formula is C9H8ClF2NO. The molecule has 0 aliphatic heterocycles. The summed E-state index contributed by atoms with van der Waals surface area (Å²) in [5.41, 5.74) is 0.451. The molecule has 1 heterocycles. The Morgan fingerprint density at radius 1 is 1.64 bits per heavy atom. The average molecular weight is 220 g/mol. The van der Waals surface area contributed by atoms with Crippen molar-refractivity contribution in [3.63, 3.8) is 0 Å². The zero-order chi connectivity index (χ0) is 10.7. The first-order chi connectivity index (χ1) is 6.60. The molecule has 5 heteroatoms. The molecule has 0 saturated carbocycles. The van der Waals surface area contributed by atoms with Crippen LogP contribution in [-0.2, 0) is 5.88 Å². The van der Waals surface area contributed by atoms with Gasteiger partial charge < -0.3 is 0 Å². The van der Waals surface area contributed by atoms with Crippen molar-refractivity contribution in [1.82, 2.24) is 4.98 Å². The van der Waals surface area contributed by atoms with Crippen molar-refractivity contribution in [1.29, 1.82) is 0 Å². The molecular weight excluding hydrogens is 212 g/mol. The lowest BCUT2D eigenvalue weighted by atomic mass is 10.1. The van der Waals surface area contributed by atoms with Gasteiger partial charge in [0.05, 0.1) is 11.6 Å². The van der Waals surface area contributed by atoms with Crippen molar-refractivity contribution in [3.05, 3.63) is 28.6 Å². The van der Waals surface area contributed by atoms with E-state index in [9.17, 15) is 13.6 Å². The molecule has 1 aromatic heterocycles. The summed E-state index contributed by atoms with van der Waals surface area (Å²) in [6.07, 6.45) is -2.08. The molecule has 1 aromatic rings. The van der Waals surface area contributed by atoms with Crippen molar-refractivity contribution in [2.24, 2.45) is 0 Å². The van der Waals surface area contributed by atoms with E-state index in [1.54, 1.807) is 0 Å². The number of nitrogens with zero attached hydrogens (tertiary/aromatic N) is 1. The van der Waals surface area contributed by atoms with Crippen LogP contribution in [0.15, 0.2) is 6.07 Å². The highest BCUT2D eigenvalue weighted by atomic mass is 35.5. The molecule has 2 nitrogen and oxygen atoms in total. The van der Waals surface area contributed by atoms with E-state index in [2.05, 4.69) is 4.98 Å². The van der Waals surface area contributed by atoms with Crippen molar-refractivity contribution >= 4 is 17.9 Å². The Labute approximate surface area is 84.9 Å². The van der Waals surface area contributed by atoms with Gasteiger partial charge in [-0.3, -0.25) is 4.79 Å². The van der Waals surface area contributed by atoms with E-state index < -0.39 is 6.43 Å². The van der Waals surface area contributed by atoms with E-state index in [1.807, 2.05) is 0 Å². The van der Waals surface area contributed by atoms with Gasteiger partial charge in [0.1, 0.15) is 5.69 Å². The fraction of sp³-hybridized carbons (Fsp3) is 0.333. The summed E-state index contributed by atoms with van der Waals surface area (Å²) in [5, 5.41) is 0. The van der Waals surface area contributed by atoms with E-state index in [0.717, 1.165) is 0 Å². The molecule has 0 amide bonds. The molecule has 14 heavy (non-hydrogen) atoms.